The normalized spacial score (nSPS) is 30.2. The molecule has 1 amide bonds. The SMILES string of the molecule is CCCCNCc1cc(N(C)C)c2c(c1O)C(=O)C1C(=O)[C@]3(O)C(=O)C(C(N)=O)C(=O)[C@@H](C(C)C)[C@@H]3C[C@@H]1C2. The second-order valence-corrected chi connectivity index (χ2v) is 11.8. The number of aromatic hydroxyl groups is 1. The quantitative estimate of drug-likeness (QED) is 0.279. The summed E-state index contributed by atoms with van der Waals surface area (Å²) in [5.74, 6) is -11.3. The van der Waals surface area contributed by atoms with Gasteiger partial charge < -0.3 is 26.2 Å². The van der Waals surface area contributed by atoms with Crippen molar-refractivity contribution in [2.24, 2.45) is 41.2 Å². The van der Waals surface area contributed by atoms with Gasteiger partial charge >= 0.3 is 0 Å². The Bertz CT molecular complexity index is 1240. The molecule has 2 fully saturated rings. The van der Waals surface area contributed by atoms with Crippen molar-refractivity contribution in [3.63, 3.8) is 0 Å². The number of phenolic OH excluding ortho intramolecular Hbond substituents is 1. The topological polar surface area (TPSA) is 167 Å². The van der Waals surface area contributed by atoms with Crippen molar-refractivity contribution in [2.45, 2.75) is 58.6 Å². The zero-order chi connectivity index (χ0) is 29.0. The van der Waals surface area contributed by atoms with Crippen LogP contribution in [0.2, 0.25) is 0 Å². The number of hydrogen-bond donors (Lipinski definition) is 4. The maximum atomic E-state index is 14.0. The van der Waals surface area contributed by atoms with E-state index in [-0.39, 0.29) is 30.1 Å². The molecule has 6 atom stereocenters. The molecule has 2 saturated carbocycles. The lowest BCUT2D eigenvalue weighted by molar-refractivity contribution is -0.182. The fourth-order valence-electron chi connectivity index (χ4n) is 7.01. The largest absolute Gasteiger partial charge is 0.507 e. The average Bonchev–Trinajstić information content (AvgIpc) is 2.84. The summed E-state index contributed by atoms with van der Waals surface area (Å²) in [6, 6.07) is 1.84. The van der Waals surface area contributed by atoms with Crippen LogP contribution in [0.1, 0.15) is 61.5 Å². The van der Waals surface area contributed by atoms with Gasteiger partial charge in [0.15, 0.2) is 34.7 Å². The standard InChI is InChI=1S/C29H39N3O7/c1-6-7-8-31-12-15-11-18(32(4)5)16-9-14-10-17-19(13(2)3)24(34)22(28(30)38)27(37)29(17,39)26(36)20(14)25(35)21(16)23(15)33/h11,13-14,17,19-20,22,31,33,39H,6-10,12H2,1-5H3,(H2,30,38)/t14-,17-,19-,20?,22?,29-/m0/s1. The van der Waals surface area contributed by atoms with Gasteiger partial charge in [-0.1, -0.05) is 27.2 Å². The van der Waals surface area contributed by atoms with Gasteiger partial charge in [0, 0.05) is 43.7 Å². The van der Waals surface area contributed by atoms with Crippen LogP contribution in [-0.2, 0) is 32.1 Å². The Morgan fingerprint density at radius 3 is 2.44 bits per heavy atom. The van der Waals surface area contributed by atoms with Crippen LogP contribution in [0, 0.1) is 35.5 Å². The molecule has 0 spiro atoms. The van der Waals surface area contributed by atoms with Crippen molar-refractivity contribution in [1.82, 2.24) is 5.32 Å². The summed E-state index contributed by atoms with van der Waals surface area (Å²) in [5.41, 5.74) is 4.57. The number of carbonyl (C=O) groups is 5. The summed E-state index contributed by atoms with van der Waals surface area (Å²) in [5, 5.41) is 26.2. The summed E-state index contributed by atoms with van der Waals surface area (Å²) in [6.07, 6.45) is 2.26. The van der Waals surface area contributed by atoms with Crippen molar-refractivity contribution in [3.8, 4) is 5.75 Å². The summed E-state index contributed by atoms with van der Waals surface area (Å²) in [4.78, 5) is 68.6. The van der Waals surface area contributed by atoms with Gasteiger partial charge in [-0.15, -0.1) is 0 Å². The predicted octanol–water partition coefficient (Wildman–Crippen LogP) is 1.16. The molecule has 4 rings (SSSR count). The molecule has 0 aliphatic heterocycles. The minimum atomic E-state index is -2.68. The lowest BCUT2D eigenvalue weighted by Crippen LogP contribution is -2.71. The van der Waals surface area contributed by atoms with E-state index in [1.807, 2.05) is 25.1 Å². The number of hydrogen-bond acceptors (Lipinski definition) is 9. The van der Waals surface area contributed by atoms with Crippen LogP contribution in [0.4, 0.5) is 5.69 Å². The lowest BCUT2D eigenvalue weighted by atomic mass is 9.49. The number of nitrogens with two attached hydrogens (primary N) is 1. The molecule has 0 radical (unpaired) electrons. The summed E-state index contributed by atoms with van der Waals surface area (Å²) in [7, 11) is 3.67. The number of Topliss-reactive ketones (excluding diaryl/α,β-unsaturated/α-hetero) is 4. The fraction of sp³-hybridized carbons (Fsp3) is 0.621. The molecular weight excluding hydrogens is 502 g/mol. The maximum Gasteiger partial charge on any atom is 0.235 e. The highest BCUT2D eigenvalue weighted by Gasteiger charge is 2.69. The third kappa shape index (κ3) is 4.37. The molecular formula is C29H39N3O7. The molecule has 0 aromatic heterocycles. The number of nitrogens with one attached hydrogen (secondary N) is 1. The van der Waals surface area contributed by atoms with E-state index in [1.54, 1.807) is 13.8 Å². The van der Waals surface area contributed by atoms with E-state index in [0.29, 0.717) is 17.7 Å². The maximum absolute atomic E-state index is 14.0. The number of nitrogens with zero attached hydrogens (tertiary/aromatic N) is 1. The van der Waals surface area contributed by atoms with Crippen LogP contribution in [0.3, 0.4) is 0 Å². The minimum Gasteiger partial charge on any atom is -0.507 e. The number of carbonyl (C=O) groups excluding carboxylic acids is 5. The summed E-state index contributed by atoms with van der Waals surface area (Å²) in [6.45, 7) is 6.58. The van der Waals surface area contributed by atoms with E-state index in [1.165, 1.54) is 0 Å². The Balaban J connectivity index is 1.83. The Morgan fingerprint density at radius 2 is 1.87 bits per heavy atom. The molecule has 0 bridgehead atoms. The summed E-state index contributed by atoms with van der Waals surface area (Å²) >= 11 is 0. The molecule has 3 aliphatic carbocycles. The van der Waals surface area contributed by atoms with Gasteiger partial charge in [0.05, 0.1) is 11.5 Å². The van der Waals surface area contributed by atoms with Crippen molar-refractivity contribution >= 4 is 34.7 Å². The number of rotatable bonds is 8. The van der Waals surface area contributed by atoms with E-state index in [2.05, 4.69) is 12.2 Å². The number of fused-ring (bicyclic) bond motifs is 3. The molecule has 10 nitrogen and oxygen atoms in total. The first-order chi connectivity index (χ1) is 18.3. The monoisotopic (exact) mass is 541 g/mol. The summed E-state index contributed by atoms with van der Waals surface area (Å²) < 4.78 is 0. The van der Waals surface area contributed by atoms with Gasteiger partial charge in [0.25, 0.3) is 0 Å². The number of aliphatic hydroxyl groups is 1. The van der Waals surface area contributed by atoms with E-state index >= 15 is 0 Å². The van der Waals surface area contributed by atoms with Gasteiger partial charge in [0.2, 0.25) is 5.91 Å². The minimum absolute atomic E-state index is 0.0244. The molecule has 1 aromatic carbocycles. The highest BCUT2D eigenvalue weighted by molar-refractivity contribution is 6.32. The first kappa shape index (κ1) is 28.9. The van der Waals surface area contributed by atoms with Crippen LogP contribution >= 0.6 is 0 Å². The van der Waals surface area contributed by atoms with Crippen LogP contribution < -0.4 is 16.0 Å². The Kier molecular flexibility index (Phi) is 7.75. The number of primary amides is 1. The van der Waals surface area contributed by atoms with E-state index in [4.69, 9.17) is 5.73 Å². The van der Waals surface area contributed by atoms with Gasteiger partial charge in [-0.05, 0) is 49.3 Å². The van der Waals surface area contributed by atoms with Crippen molar-refractivity contribution in [3.05, 3.63) is 22.8 Å². The van der Waals surface area contributed by atoms with Gasteiger partial charge in [-0.2, -0.15) is 0 Å². The predicted molar refractivity (Wildman–Crippen MR) is 143 cm³/mol. The number of phenols is 1. The average molecular weight is 542 g/mol. The third-order valence-electron chi connectivity index (χ3n) is 8.87. The Hall–Kier alpha value is -3.11. The molecule has 0 heterocycles. The second-order valence-electron chi connectivity index (χ2n) is 11.8. The van der Waals surface area contributed by atoms with Crippen LogP contribution in [0.15, 0.2) is 6.07 Å². The number of amides is 1. The first-order valence-corrected chi connectivity index (χ1v) is 13.7. The zero-order valence-corrected chi connectivity index (χ0v) is 23.2. The van der Waals surface area contributed by atoms with E-state index in [9.17, 15) is 34.2 Å². The highest BCUT2D eigenvalue weighted by atomic mass is 16.3. The van der Waals surface area contributed by atoms with Gasteiger partial charge in [0.1, 0.15) is 5.75 Å². The molecule has 5 N–H and O–H groups in total. The third-order valence-corrected chi connectivity index (χ3v) is 8.87. The van der Waals surface area contributed by atoms with Crippen molar-refractivity contribution in [2.75, 3.05) is 25.5 Å². The van der Waals surface area contributed by atoms with Gasteiger partial charge in [-0.3, -0.25) is 24.0 Å². The molecule has 39 heavy (non-hydrogen) atoms. The number of anilines is 1. The molecule has 2 unspecified atom stereocenters. The Morgan fingerprint density at radius 1 is 1.21 bits per heavy atom. The lowest BCUT2D eigenvalue weighted by Gasteiger charge is -2.52. The first-order valence-electron chi connectivity index (χ1n) is 13.7. The molecule has 3 aliphatic rings. The van der Waals surface area contributed by atoms with Crippen molar-refractivity contribution in [1.29, 1.82) is 0 Å². The van der Waals surface area contributed by atoms with Crippen LogP contribution in [0.5, 0.6) is 5.75 Å². The molecule has 10 heteroatoms. The van der Waals surface area contributed by atoms with Crippen LogP contribution in [-0.4, -0.2) is 65.5 Å². The second kappa shape index (κ2) is 10.5. The molecule has 212 valence electrons. The highest BCUT2D eigenvalue weighted by Crippen LogP contribution is 2.54. The number of ketones is 4. The van der Waals surface area contributed by atoms with Crippen LogP contribution in [0.25, 0.3) is 0 Å². The van der Waals surface area contributed by atoms with Gasteiger partial charge in [-0.25, -0.2) is 0 Å². The van der Waals surface area contributed by atoms with Crippen molar-refractivity contribution < 1.29 is 34.2 Å². The smallest absolute Gasteiger partial charge is 0.235 e. The number of benzene rings is 1. The molecule has 1 aromatic rings. The Labute approximate surface area is 228 Å². The van der Waals surface area contributed by atoms with E-state index in [0.717, 1.165) is 25.1 Å². The van der Waals surface area contributed by atoms with E-state index < -0.39 is 64.2 Å². The molecule has 0 saturated heterocycles. The number of unbranched alkanes of at least 4 members (excludes halogenated alkanes) is 1. The zero-order valence-electron chi connectivity index (χ0n) is 23.2. The fourth-order valence-corrected chi connectivity index (χ4v) is 7.01.